The van der Waals surface area contributed by atoms with Gasteiger partial charge in [-0.15, -0.1) is 0 Å². The zero-order valence-electron chi connectivity index (χ0n) is 18.0. The maximum atomic E-state index is 13.6. The van der Waals surface area contributed by atoms with Gasteiger partial charge in [0.1, 0.15) is 25.0 Å². The Labute approximate surface area is 179 Å². The largest absolute Gasteiger partial charge is 0.490 e. The molecule has 5 nitrogen and oxygen atoms in total. The fourth-order valence-corrected chi connectivity index (χ4v) is 6.96. The molecule has 6 rings (SSSR count). The molecule has 4 bridgehead atoms. The van der Waals surface area contributed by atoms with Crippen LogP contribution in [0.5, 0.6) is 5.75 Å². The third kappa shape index (κ3) is 3.72. The van der Waals surface area contributed by atoms with Crippen molar-refractivity contribution in [1.82, 2.24) is 4.90 Å². The lowest BCUT2D eigenvalue weighted by Crippen LogP contribution is -2.56. The highest BCUT2D eigenvalue weighted by atomic mass is 16.6. The van der Waals surface area contributed by atoms with E-state index in [1.54, 1.807) is 0 Å². The normalized spacial score (nSPS) is 34.2. The van der Waals surface area contributed by atoms with Gasteiger partial charge in [0.15, 0.2) is 0 Å². The van der Waals surface area contributed by atoms with Crippen LogP contribution < -0.4 is 4.74 Å². The molecule has 30 heavy (non-hydrogen) atoms. The van der Waals surface area contributed by atoms with Crippen LogP contribution in [-0.4, -0.2) is 42.6 Å². The lowest BCUT2D eigenvalue weighted by Gasteiger charge is -2.56. The molecule has 162 valence electrons. The predicted molar refractivity (Wildman–Crippen MR) is 113 cm³/mol. The molecule has 5 fully saturated rings. The average Bonchev–Trinajstić information content (AvgIpc) is 3.20. The molecule has 1 amide bonds. The summed E-state index contributed by atoms with van der Waals surface area (Å²) >= 11 is 0. The Balaban J connectivity index is 1.16. The minimum Gasteiger partial charge on any atom is -0.490 e. The Morgan fingerprint density at radius 2 is 1.63 bits per heavy atom. The number of amides is 1. The number of ether oxygens (including phenoxy) is 2. The highest BCUT2D eigenvalue weighted by Crippen LogP contribution is 2.60. The van der Waals surface area contributed by atoms with Gasteiger partial charge >= 0.3 is 5.97 Å². The van der Waals surface area contributed by atoms with Crippen molar-refractivity contribution >= 4 is 11.9 Å². The third-order valence-electron chi connectivity index (χ3n) is 7.90. The number of carbonyl (C=O) groups is 2. The maximum Gasteiger partial charge on any atom is 0.328 e. The van der Waals surface area contributed by atoms with Crippen molar-refractivity contribution in [3.8, 4) is 5.75 Å². The number of esters is 1. The number of rotatable bonds is 6. The van der Waals surface area contributed by atoms with Crippen LogP contribution in [0.25, 0.3) is 0 Å². The predicted octanol–water partition coefficient (Wildman–Crippen LogP) is 4.12. The van der Waals surface area contributed by atoms with Gasteiger partial charge in [-0.25, -0.2) is 4.79 Å². The van der Waals surface area contributed by atoms with Crippen LogP contribution in [0.3, 0.4) is 0 Å². The summed E-state index contributed by atoms with van der Waals surface area (Å²) in [4.78, 5) is 28.3. The molecule has 0 aromatic heterocycles. The van der Waals surface area contributed by atoms with Crippen LogP contribution in [0.1, 0.15) is 56.9 Å². The van der Waals surface area contributed by atoms with Crippen molar-refractivity contribution in [1.29, 1.82) is 0 Å². The second-order valence-corrected chi connectivity index (χ2v) is 10.2. The van der Waals surface area contributed by atoms with Gasteiger partial charge in [-0.2, -0.15) is 0 Å². The van der Waals surface area contributed by atoms with E-state index in [1.807, 2.05) is 36.1 Å². The number of hydrogen-bond acceptors (Lipinski definition) is 4. The summed E-state index contributed by atoms with van der Waals surface area (Å²) < 4.78 is 11.2. The average molecular weight is 412 g/mol. The van der Waals surface area contributed by atoms with Gasteiger partial charge in [-0.3, -0.25) is 4.79 Å². The first-order valence-electron chi connectivity index (χ1n) is 11.7. The lowest BCUT2D eigenvalue weighted by molar-refractivity contribution is -0.165. The minimum atomic E-state index is -0.412. The van der Waals surface area contributed by atoms with Crippen LogP contribution >= 0.6 is 0 Å². The SMILES string of the molecule is Cc1ccc(OCCOC(=O)C2CCCN2C(=O)C23CC4CC(CC(C4)C2)C3)cc1. The topological polar surface area (TPSA) is 55.8 Å². The first-order valence-corrected chi connectivity index (χ1v) is 11.7. The molecule has 1 saturated heterocycles. The Bertz CT molecular complexity index is 767. The van der Waals surface area contributed by atoms with E-state index in [-0.39, 0.29) is 23.9 Å². The van der Waals surface area contributed by atoms with Gasteiger partial charge in [0, 0.05) is 6.54 Å². The maximum absolute atomic E-state index is 13.6. The second-order valence-electron chi connectivity index (χ2n) is 10.2. The molecule has 1 atom stereocenters. The smallest absolute Gasteiger partial charge is 0.328 e. The van der Waals surface area contributed by atoms with E-state index in [9.17, 15) is 9.59 Å². The number of carbonyl (C=O) groups excluding carboxylic acids is 2. The van der Waals surface area contributed by atoms with Gasteiger partial charge < -0.3 is 14.4 Å². The quantitative estimate of drug-likeness (QED) is 0.522. The number of likely N-dealkylation sites (tertiary alicyclic amines) is 1. The van der Waals surface area contributed by atoms with Gasteiger partial charge in [0.05, 0.1) is 5.41 Å². The number of hydrogen-bond donors (Lipinski definition) is 0. The summed E-state index contributed by atoms with van der Waals surface area (Å²) in [5.74, 6) is 2.94. The molecule has 1 aromatic carbocycles. The van der Waals surface area contributed by atoms with Crippen molar-refractivity contribution in [2.75, 3.05) is 19.8 Å². The van der Waals surface area contributed by atoms with E-state index < -0.39 is 6.04 Å². The summed E-state index contributed by atoms with van der Waals surface area (Å²) in [6.07, 6.45) is 8.69. The van der Waals surface area contributed by atoms with Gasteiger partial charge in [-0.1, -0.05) is 17.7 Å². The van der Waals surface area contributed by atoms with Gasteiger partial charge in [0.2, 0.25) is 5.91 Å². The summed E-state index contributed by atoms with van der Waals surface area (Å²) in [7, 11) is 0. The molecule has 1 heterocycles. The molecule has 1 unspecified atom stereocenters. The van der Waals surface area contributed by atoms with E-state index in [1.165, 1.54) is 24.8 Å². The number of aryl methyl sites for hydroxylation is 1. The monoisotopic (exact) mass is 411 g/mol. The Kier molecular flexibility index (Phi) is 5.24. The number of benzene rings is 1. The molecule has 5 aliphatic rings. The van der Waals surface area contributed by atoms with Gasteiger partial charge in [-0.05, 0) is 88.2 Å². The van der Waals surface area contributed by atoms with E-state index >= 15 is 0 Å². The molecule has 0 radical (unpaired) electrons. The van der Waals surface area contributed by atoms with E-state index in [2.05, 4.69) is 0 Å². The molecule has 1 aliphatic heterocycles. The first-order chi connectivity index (χ1) is 14.5. The molecule has 5 heteroatoms. The van der Waals surface area contributed by atoms with Crippen LogP contribution in [0.15, 0.2) is 24.3 Å². The summed E-state index contributed by atoms with van der Waals surface area (Å²) in [5.41, 5.74) is 0.991. The Morgan fingerprint density at radius 3 is 2.27 bits per heavy atom. The Morgan fingerprint density at radius 1 is 1.00 bits per heavy atom. The molecule has 0 spiro atoms. The van der Waals surface area contributed by atoms with Crippen molar-refractivity contribution in [2.24, 2.45) is 23.2 Å². The van der Waals surface area contributed by atoms with Gasteiger partial charge in [0.25, 0.3) is 0 Å². The summed E-state index contributed by atoms with van der Waals surface area (Å²) in [6, 6.07) is 7.41. The standard InChI is InChI=1S/C25H33NO4/c1-17-4-6-21(7-5-17)29-9-10-30-23(27)22-3-2-8-26(22)24(28)25-14-18-11-19(15-25)13-20(12-18)16-25/h4-7,18-20,22H,2-3,8-16H2,1H3. The minimum absolute atomic E-state index is 0.188. The van der Waals surface area contributed by atoms with Crippen molar-refractivity contribution in [2.45, 2.75) is 64.3 Å². The lowest BCUT2D eigenvalue weighted by atomic mass is 9.49. The van der Waals surface area contributed by atoms with Crippen molar-refractivity contribution in [3.05, 3.63) is 29.8 Å². The third-order valence-corrected chi connectivity index (χ3v) is 7.90. The molecule has 4 aliphatic carbocycles. The van der Waals surface area contributed by atoms with Crippen LogP contribution in [-0.2, 0) is 14.3 Å². The van der Waals surface area contributed by atoms with E-state index in [4.69, 9.17) is 9.47 Å². The summed E-state index contributed by atoms with van der Waals surface area (Å²) in [5, 5.41) is 0. The fourth-order valence-electron chi connectivity index (χ4n) is 6.96. The Hall–Kier alpha value is -2.04. The highest BCUT2D eigenvalue weighted by Gasteiger charge is 2.56. The highest BCUT2D eigenvalue weighted by molar-refractivity contribution is 5.89. The molecule has 4 saturated carbocycles. The zero-order valence-corrected chi connectivity index (χ0v) is 18.0. The van der Waals surface area contributed by atoms with Crippen LogP contribution in [0.2, 0.25) is 0 Å². The van der Waals surface area contributed by atoms with E-state index in [0.717, 1.165) is 55.6 Å². The first kappa shape index (κ1) is 19.9. The fraction of sp³-hybridized carbons (Fsp3) is 0.680. The molecular weight excluding hydrogens is 378 g/mol. The van der Waals surface area contributed by atoms with Crippen molar-refractivity contribution in [3.63, 3.8) is 0 Å². The number of nitrogens with zero attached hydrogens (tertiary/aromatic N) is 1. The van der Waals surface area contributed by atoms with Crippen LogP contribution in [0, 0.1) is 30.1 Å². The molecule has 1 aromatic rings. The second kappa shape index (κ2) is 7.90. The summed E-state index contributed by atoms with van der Waals surface area (Å²) in [6.45, 7) is 3.26. The molecule has 0 N–H and O–H groups in total. The van der Waals surface area contributed by atoms with Crippen molar-refractivity contribution < 1.29 is 19.1 Å². The zero-order chi connectivity index (χ0) is 20.7. The molecular formula is C25H33NO4. The van der Waals surface area contributed by atoms with Crippen LogP contribution in [0.4, 0.5) is 0 Å². The van der Waals surface area contributed by atoms with E-state index in [0.29, 0.717) is 13.2 Å².